The fourth-order valence-corrected chi connectivity index (χ4v) is 1.23. The standard InChI is InChI=1S/C11H16N4O3/c1-11(2,10(13)16)6-14-9-4-3-7(15(17)18)5-8(9)12/h3-5,14H,6,12H2,1-2H3,(H2,13,16). The monoisotopic (exact) mass is 252 g/mol. The number of hydrogen-bond donors (Lipinski definition) is 3. The minimum Gasteiger partial charge on any atom is -0.397 e. The summed E-state index contributed by atoms with van der Waals surface area (Å²) in [6, 6.07) is 4.11. The van der Waals surface area contributed by atoms with E-state index in [1.54, 1.807) is 13.8 Å². The molecular weight excluding hydrogens is 236 g/mol. The first-order valence-corrected chi connectivity index (χ1v) is 5.32. The van der Waals surface area contributed by atoms with Gasteiger partial charge in [-0.05, 0) is 19.9 Å². The average Bonchev–Trinajstić information content (AvgIpc) is 2.26. The number of primary amides is 1. The minimum atomic E-state index is -0.728. The van der Waals surface area contributed by atoms with E-state index in [0.29, 0.717) is 12.2 Å². The molecular formula is C11H16N4O3. The Labute approximate surface area is 104 Å². The number of hydrogen-bond acceptors (Lipinski definition) is 5. The molecule has 0 aliphatic rings. The summed E-state index contributed by atoms with van der Waals surface area (Å²) in [7, 11) is 0. The fraction of sp³-hybridized carbons (Fsp3) is 0.364. The summed E-state index contributed by atoms with van der Waals surface area (Å²) in [6.07, 6.45) is 0. The largest absolute Gasteiger partial charge is 0.397 e. The molecule has 98 valence electrons. The number of amides is 1. The molecule has 1 aromatic rings. The lowest BCUT2D eigenvalue weighted by molar-refractivity contribution is -0.384. The Morgan fingerprint density at radius 3 is 2.56 bits per heavy atom. The number of benzene rings is 1. The van der Waals surface area contributed by atoms with Gasteiger partial charge in [-0.2, -0.15) is 0 Å². The summed E-state index contributed by atoms with van der Waals surface area (Å²) in [5.41, 5.74) is 10.9. The Morgan fingerprint density at radius 1 is 1.50 bits per heavy atom. The molecule has 0 aromatic heterocycles. The van der Waals surface area contributed by atoms with E-state index in [0.717, 1.165) is 0 Å². The molecule has 0 radical (unpaired) electrons. The van der Waals surface area contributed by atoms with Crippen LogP contribution < -0.4 is 16.8 Å². The van der Waals surface area contributed by atoms with Gasteiger partial charge in [0.15, 0.2) is 0 Å². The van der Waals surface area contributed by atoms with E-state index in [4.69, 9.17) is 11.5 Å². The number of anilines is 2. The van der Waals surface area contributed by atoms with E-state index in [1.807, 2.05) is 0 Å². The van der Waals surface area contributed by atoms with Crippen molar-refractivity contribution in [1.82, 2.24) is 0 Å². The van der Waals surface area contributed by atoms with Gasteiger partial charge >= 0.3 is 0 Å². The van der Waals surface area contributed by atoms with Crippen molar-refractivity contribution in [2.24, 2.45) is 11.1 Å². The van der Waals surface area contributed by atoms with Crippen LogP contribution in [0.2, 0.25) is 0 Å². The lowest BCUT2D eigenvalue weighted by Gasteiger charge is -2.22. The van der Waals surface area contributed by atoms with Gasteiger partial charge in [-0.15, -0.1) is 0 Å². The predicted octanol–water partition coefficient (Wildman–Crippen LogP) is 1.10. The van der Waals surface area contributed by atoms with E-state index >= 15 is 0 Å². The molecule has 7 heteroatoms. The molecule has 1 rings (SSSR count). The van der Waals surface area contributed by atoms with Crippen molar-refractivity contribution in [3.8, 4) is 0 Å². The Balaban J connectivity index is 2.81. The van der Waals surface area contributed by atoms with E-state index in [2.05, 4.69) is 5.32 Å². The number of nitrogens with two attached hydrogens (primary N) is 2. The van der Waals surface area contributed by atoms with E-state index in [9.17, 15) is 14.9 Å². The highest BCUT2D eigenvalue weighted by molar-refractivity contribution is 5.81. The van der Waals surface area contributed by atoms with Crippen molar-refractivity contribution in [3.63, 3.8) is 0 Å². The highest BCUT2D eigenvalue weighted by Gasteiger charge is 2.24. The van der Waals surface area contributed by atoms with Gasteiger partial charge in [-0.3, -0.25) is 14.9 Å². The molecule has 0 spiro atoms. The molecule has 0 heterocycles. The molecule has 0 saturated carbocycles. The number of carbonyl (C=O) groups is 1. The van der Waals surface area contributed by atoms with Crippen molar-refractivity contribution in [2.45, 2.75) is 13.8 Å². The molecule has 7 nitrogen and oxygen atoms in total. The van der Waals surface area contributed by atoms with Crippen LogP contribution in [0.25, 0.3) is 0 Å². The van der Waals surface area contributed by atoms with Crippen LogP contribution in [0.4, 0.5) is 17.1 Å². The van der Waals surface area contributed by atoms with Gasteiger partial charge in [0, 0.05) is 18.7 Å². The minimum absolute atomic E-state index is 0.0767. The number of carbonyl (C=O) groups excluding carboxylic acids is 1. The first-order chi connectivity index (χ1) is 8.24. The summed E-state index contributed by atoms with van der Waals surface area (Å²) in [4.78, 5) is 21.2. The Morgan fingerprint density at radius 2 is 2.11 bits per heavy atom. The van der Waals surface area contributed by atoms with Gasteiger partial charge in [0.2, 0.25) is 5.91 Å². The topological polar surface area (TPSA) is 124 Å². The van der Waals surface area contributed by atoms with Crippen molar-refractivity contribution >= 4 is 23.0 Å². The zero-order chi connectivity index (χ0) is 13.9. The maximum absolute atomic E-state index is 11.1. The highest BCUT2D eigenvalue weighted by Crippen LogP contribution is 2.25. The third kappa shape index (κ3) is 3.09. The summed E-state index contributed by atoms with van der Waals surface area (Å²) < 4.78 is 0. The van der Waals surface area contributed by atoms with Crippen LogP contribution >= 0.6 is 0 Å². The van der Waals surface area contributed by atoms with Gasteiger partial charge < -0.3 is 16.8 Å². The summed E-state index contributed by atoms with van der Waals surface area (Å²) in [6.45, 7) is 3.69. The molecule has 0 bridgehead atoms. The van der Waals surface area contributed by atoms with Crippen molar-refractivity contribution in [1.29, 1.82) is 0 Å². The summed E-state index contributed by atoms with van der Waals surface area (Å²) in [5, 5.41) is 13.5. The second-order valence-electron chi connectivity index (χ2n) is 4.63. The molecule has 5 N–H and O–H groups in total. The van der Waals surface area contributed by atoms with Gasteiger partial charge in [-0.1, -0.05) is 0 Å². The smallest absolute Gasteiger partial charge is 0.271 e. The molecule has 18 heavy (non-hydrogen) atoms. The summed E-state index contributed by atoms with van der Waals surface area (Å²) in [5.74, 6) is -0.435. The number of rotatable bonds is 5. The molecule has 0 aliphatic heterocycles. The van der Waals surface area contributed by atoms with Crippen LogP contribution in [0.3, 0.4) is 0 Å². The third-order valence-electron chi connectivity index (χ3n) is 2.63. The average molecular weight is 252 g/mol. The second kappa shape index (κ2) is 4.91. The normalized spacial score (nSPS) is 11.0. The first kappa shape index (κ1) is 13.8. The van der Waals surface area contributed by atoms with Crippen LogP contribution in [0.5, 0.6) is 0 Å². The molecule has 1 aromatic carbocycles. The second-order valence-corrected chi connectivity index (χ2v) is 4.63. The number of nitrogen functional groups attached to an aromatic ring is 1. The first-order valence-electron chi connectivity index (χ1n) is 5.32. The lowest BCUT2D eigenvalue weighted by atomic mass is 9.92. The fourth-order valence-electron chi connectivity index (χ4n) is 1.23. The van der Waals surface area contributed by atoms with Gasteiger partial charge in [-0.25, -0.2) is 0 Å². The zero-order valence-corrected chi connectivity index (χ0v) is 10.3. The van der Waals surface area contributed by atoms with E-state index in [1.165, 1.54) is 18.2 Å². The molecule has 0 atom stereocenters. The number of non-ortho nitro benzene ring substituents is 1. The highest BCUT2D eigenvalue weighted by atomic mass is 16.6. The number of nitro benzene ring substituents is 1. The van der Waals surface area contributed by atoms with Crippen molar-refractivity contribution < 1.29 is 9.72 Å². The maximum Gasteiger partial charge on any atom is 0.271 e. The maximum atomic E-state index is 11.1. The quantitative estimate of drug-likeness (QED) is 0.411. The van der Waals surface area contributed by atoms with Crippen molar-refractivity contribution in [3.05, 3.63) is 28.3 Å². The van der Waals surface area contributed by atoms with Gasteiger partial charge in [0.05, 0.1) is 21.7 Å². The molecule has 1 amide bonds. The van der Waals surface area contributed by atoms with Crippen molar-refractivity contribution in [2.75, 3.05) is 17.6 Å². The number of nitrogens with zero attached hydrogens (tertiary/aromatic N) is 1. The SMILES string of the molecule is CC(C)(CNc1ccc([N+](=O)[O-])cc1N)C(N)=O. The number of nitro groups is 1. The van der Waals surface area contributed by atoms with Gasteiger partial charge in [0.25, 0.3) is 5.69 Å². The molecule has 0 saturated heterocycles. The Hall–Kier alpha value is -2.31. The van der Waals surface area contributed by atoms with Crippen LogP contribution in [-0.4, -0.2) is 17.4 Å². The van der Waals surface area contributed by atoms with Crippen LogP contribution in [0.15, 0.2) is 18.2 Å². The third-order valence-corrected chi connectivity index (χ3v) is 2.63. The van der Waals surface area contributed by atoms with Gasteiger partial charge in [0.1, 0.15) is 0 Å². The Bertz CT molecular complexity index is 485. The van der Waals surface area contributed by atoms with E-state index in [-0.39, 0.29) is 11.4 Å². The van der Waals surface area contributed by atoms with Crippen LogP contribution in [0, 0.1) is 15.5 Å². The predicted molar refractivity (Wildman–Crippen MR) is 69.0 cm³/mol. The molecule has 0 fully saturated rings. The molecule has 0 aliphatic carbocycles. The Kier molecular flexibility index (Phi) is 3.75. The van der Waals surface area contributed by atoms with Crippen LogP contribution in [0.1, 0.15) is 13.8 Å². The van der Waals surface area contributed by atoms with Crippen LogP contribution in [-0.2, 0) is 4.79 Å². The lowest BCUT2D eigenvalue weighted by Crippen LogP contribution is -2.37. The molecule has 0 unspecified atom stereocenters. The zero-order valence-electron chi connectivity index (χ0n) is 10.3. The summed E-state index contributed by atoms with van der Waals surface area (Å²) >= 11 is 0. The number of nitrogens with one attached hydrogen (secondary N) is 1. The van der Waals surface area contributed by atoms with E-state index < -0.39 is 16.2 Å².